The Morgan fingerprint density at radius 3 is 2.78 bits per heavy atom. The van der Waals surface area contributed by atoms with Crippen LogP contribution in [0.15, 0.2) is 33.4 Å². The minimum Gasteiger partial charge on any atom is -0.392 e. The second kappa shape index (κ2) is 6.06. The van der Waals surface area contributed by atoms with Gasteiger partial charge in [0.1, 0.15) is 0 Å². The monoisotopic (exact) mass is 345 g/mol. The molecule has 18 heavy (non-hydrogen) atoms. The SMILES string of the molecule is CN(Cc1csc(Br)c1)c1ccc(Cl)cc1CO. The summed E-state index contributed by atoms with van der Waals surface area (Å²) in [5, 5.41) is 12.1. The zero-order valence-electron chi connectivity index (χ0n) is 9.86. The third-order valence-corrected chi connectivity index (χ3v) is 4.45. The molecule has 1 N–H and O–H groups in total. The minimum absolute atomic E-state index is 0.00638. The Hall–Kier alpha value is -0.550. The van der Waals surface area contributed by atoms with Crippen LogP contribution in [0, 0.1) is 0 Å². The molecule has 2 rings (SSSR count). The van der Waals surface area contributed by atoms with Crippen LogP contribution in [0.2, 0.25) is 5.02 Å². The Labute approximate surface area is 124 Å². The van der Waals surface area contributed by atoms with Crippen molar-refractivity contribution in [2.75, 3.05) is 11.9 Å². The first-order valence-electron chi connectivity index (χ1n) is 5.43. The van der Waals surface area contributed by atoms with Crippen molar-refractivity contribution in [2.24, 2.45) is 0 Å². The molecule has 2 aromatic rings. The molecular formula is C13H13BrClNOS. The van der Waals surface area contributed by atoms with Crippen LogP contribution in [0.4, 0.5) is 5.69 Å². The van der Waals surface area contributed by atoms with Gasteiger partial charge in [-0.2, -0.15) is 0 Å². The van der Waals surface area contributed by atoms with Crippen LogP contribution in [0.5, 0.6) is 0 Å². The molecule has 0 aliphatic carbocycles. The number of aliphatic hydroxyl groups is 1. The van der Waals surface area contributed by atoms with Gasteiger partial charge in [0.05, 0.1) is 10.4 Å². The van der Waals surface area contributed by atoms with Crippen molar-refractivity contribution in [3.63, 3.8) is 0 Å². The van der Waals surface area contributed by atoms with Gasteiger partial charge in [0, 0.05) is 29.9 Å². The van der Waals surface area contributed by atoms with Crippen LogP contribution < -0.4 is 4.90 Å². The van der Waals surface area contributed by atoms with Crippen LogP contribution in [-0.2, 0) is 13.2 Å². The number of nitrogens with zero attached hydrogens (tertiary/aromatic N) is 1. The number of hydrogen-bond donors (Lipinski definition) is 1. The Kier molecular flexibility index (Phi) is 4.67. The summed E-state index contributed by atoms with van der Waals surface area (Å²) in [5.74, 6) is 0. The third-order valence-electron chi connectivity index (χ3n) is 2.66. The van der Waals surface area contributed by atoms with Gasteiger partial charge in [-0.25, -0.2) is 0 Å². The summed E-state index contributed by atoms with van der Waals surface area (Å²) in [4.78, 5) is 2.11. The zero-order valence-corrected chi connectivity index (χ0v) is 13.0. The Bertz CT molecular complexity index is 544. The van der Waals surface area contributed by atoms with Gasteiger partial charge in [0.2, 0.25) is 0 Å². The molecule has 0 bridgehead atoms. The highest BCUT2D eigenvalue weighted by molar-refractivity contribution is 9.11. The van der Waals surface area contributed by atoms with E-state index in [0.717, 1.165) is 21.6 Å². The number of thiophene rings is 1. The molecule has 1 aromatic carbocycles. The van der Waals surface area contributed by atoms with E-state index in [1.807, 2.05) is 19.2 Å². The molecule has 0 aliphatic heterocycles. The van der Waals surface area contributed by atoms with Gasteiger partial charge in [0.15, 0.2) is 0 Å². The highest BCUT2D eigenvalue weighted by Gasteiger charge is 2.09. The number of rotatable bonds is 4. The summed E-state index contributed by atoms with van der Waals surface area (Å²) in [6, 6.07) is 7.69. The number of halogens is 2. The first-order valence-corrected chi connectivity index (χ1v) is 7.48. The summed E-state index contributed by atoms with van der Waals surface area (Å²) < 4.78 is 1.13. The molecule has 0 aliphatic rings. The van der Waals surface area contributed by atoms with Crippen molar-refractivity contribution in [3.05, 3.63) is 49.6 Å². The van der Waals surface area contributed by atoms with Crippen LogP contribution >= 0.6 is 38.9 Å². The summed E-state index contributed by atoms with van der Waals surface area (Å²) >= 11 is 11.1. The maximum Gasteiger partial charge on any atom is 0.0702 e. The van der Waals surface area contributed by atoms with Crippen molar-refractivity contribution in [3.8, 4) is 0 Å². The van der Waals surface area contributed by atoms with E-state index in [9.17, 15) is 5.11 Å². The summed E-state index contributed by atoms with van der Waals surface area (Å²) in [5.41, 5.74) is 3.09. The molecule has 0 radical (unpaired) electrons. The van der Waals surface area contributed by atoms with Gasteiger partial charge in [-0.3, -0.25) is 0 Å². The summed E-state index contributed by atoms with van der Waals surface area (Å²) in [6.07, 6.45) is 0. The summed E-state index contributed by atoms with van der Waals surface area (Å²) in [7, 11) is 2.01. The maximum absolute atomic E-state index is 9.37. The number of aliphatic hydroxyl groups excluding tert-OH is 1. The quantitative estimate of drug-likeness (QED) is 0.892. The van der Waals surface area contributed by atoms with Gasteiger partial charge in [-0.05, 0) is 51.1 Å². The number of hydrogen-bond acceptors (Lipinski definition) is 3. The molecule has 2 nitrogen and oxygen atoms in total. The molecular weight excluding hydrogens is 334 g/mol. The van der Waals surface area contributed by atoms with E-state index in [1.165, 1.54) is 5.56 Å². The van der Waals surface area contributed by atoms with E-state index in [2.05, 4.69) is 32.3 Å². The maximum atomic E-state index is 9.37. The molecule has 96 valence electrons. The average Bonchev–Trinajstić information content (AvgIpc) is 2.74. The van der Waals surface area contributed by atoms with Crippen LogP contribution in [0.1, 0.15) is 11.1 Å². The number of anilines is 1. The molecule has 0 saturated heterocycles. The molecule has 0 fully saturated rings. The van der Waals surface area contributed by atoms with E-state index in [4.69, 9.17) is 11.6 Å². The Morgan fingerprint density at radius 1 is 1.39 bits per heavy atom. The predicted octanol–water partition coefficient (Wildman–Crippen LogP) is 4.29. The van der Waals surface area contributed by atoms with Crippen molar-refractivity contribution in [2.45, 2.75) is 13.2 Å². The van der Waals surface area contributed by atoms with E-state index in [0.29, 0.717) is 5.02 Å². The molecule has 5 heteroatoms. The number of benzene rings is 1. The second-order valence-corrected chi connectivity index (χ2v) is 6.77. The normalized spacial score (nSPS) is 10.7. The lowest BCUT2D eigenvalue weighted by atomic mass is 10.1. The molecule has 0 amide bonds. The lowest BCUT2D eigenvalue weighted by molar-refractivity contribution is 0.282. The molecule has 0 atom stereocenters. The van der Waals surface area contributed by atoms with Gasteiger partial charge in [0.25, 0.3) is 0 Å². The summed E-state index contributed by atoms with van der Waals surface area (Å²) in [6.45, 7) is 0.796. The fraction of sp³-hybridized carbons (Fsp3) is 0.231. The molecule has 1 aromatic heterocycles. The van der Waals surface area contributed by atoms with E-state index < -0.39 is 0 Å². The van der Waals surface area contributed by atoms with Gasteiger partial charge in [-0.1, -0.05) is 11.6 Å². The van der Waals surface area contributed by atoms with Crippen molar-refractivity contribution >= 4 is 44.6 Å². The third kappa shape index (κ3) is 3.26. The lowest BCUT2D eigenvalue weighted by Gasteiger charge is -2.21. The largest absolute Gasteiger partial charge is 0.392 e. The Morgan fingerprint density at radius 2 is 2.17 bits per heavy atom. The van der Waals surface area contributed by atoms with Crippen molar-refractivity contribution in [1.82, 2.24) is 0 Å². The van der Waals surface area contributed by atoms with Gasteiger partial charge >= 0.3 is 0 Å². The molecule has 0 saturated carbocycles. The van der Waals surface area contributed by atoms with Crippen LogP contribution in [0.25, 0.3) is 0 Å². The van der Waals surface area contributed by atoms with Crippen molar-refractivity contribution in [1.29, 1.82) is 0 Å². The average molecular weight is 347 g/mol. The highest BCUT2D eigenvalue weighted by Crippen LogP contribution is 2.27. The Balaban J connectivity index is 2.20. The van der Waals surface area contributed by atoms with Gasteiger partial charge in [-0.15, -0.1) is 11.3 Å². The molecule has 0 spiro atoms. The van der Waals surface area contributed by atoms with E-state index >= 15 is 0 Å². The highest BCUT2D eigenvalue weighted by atomic mass is 79.9. The smallest absolute Gasteiger partial charge is 0.0702 e. The predicted molar refractivity (Wildman–Crippen MR) is 81.5 cm³/mol. The van der Waals surface area contributed by atoms with E-state index in [-0.39, 0.29) is 6.61 Å². The fourth-order valence-corrected chi connectivity index (χ4v) is 3.24. The standard InChI is InChI=1S/C13H13BrClNOS/c1-16(6-9-4-13(14)18-8-9)12-3-2-11(15)5-10(12)7-17/h2-5,8,17H,6-7H2,1H3. The lowest BCUT2D eigenvalue weighted by Crippen LogP contribution is -2.17. The minimum atomic E-state index is -0.00638. The van der Waals surface area contributed by atoms with E-state index in [1.54, 1.807) is 17.4 Å². The van der Waals surface area contributed by atoms with Crippen LogP contribution in [-0.4, -0.2) is 12.2 Å². The first-order chi connectivity index (χ1) is 8.60. The molecule has 0 unspecified atom stereocenters. The second-order valence-electron chi connectivity index (χ2n) is 4.05. The van der Waals surface area contributed by atoms with Crippen molar-refractivity contribution < 1.29 is 5.11 Å². The zero-order chi connectivity index (χ0) is 13.1. The molecule has 1 heterocycles. The topological polar surface area (TPSA) is 23.5 Å². The van der Waals surface area contributed by atoms with Crippen LogP contribution in [0.3, 0.4) is 0 Å². The first kappa shape index (κ1) is 13.9. The van der Waals surface area contributed by atoms with Gasteiger partial charge < -0.3 is 10.0 Å². The fourth-order valence-electron chi connectivity index (χ4n) is 1.84.